The van der Waals surface area contributed by atoms with Gasteiger partial charge in [-0.2, -0.15) is 0 Å². The first-order chi connectivity index (χ1) is 13.8. The third-order valence-corrected chi connectivity index (χ3v) is 5.20. The highest BCUT2D eigenvalue weighted by Gasteiger charge is 2.36. The molecular weight excluding hydrogens is 401 g/mol. The normalized spacial score (nSPS) is 14.9. The van der Waals surface area contributed by atoms with Gasteiger partial charge in [-0.05, 0) is 24.4 Å². The molecule has 2 aromatic rings. The lowest BCUT2D eigenvalue weighted by atomic mass is 9.82. The second-order valence-electron chi connectivity index (χ2n) is 6.64. The number of aromatic hydroxyl groups is 1. The number of ether oxygens (including phenoxy) is 1. The zero-order valence-electron chi connectivity index (χ0n) is 15.3. The number of thiazole rings is 1. The quantitative estimate of drug-likeness (QED) is 0.364. The number of amides is 1. The number of aromatic carboxylic acids is 1. The molecule has 0 radical (unpaired) electrons. The van der Waals surface area contributed by atoms with Gasteiger partial charge in [0.15, 0.2) is 0 Å². The molecule has 1 aliphatic rings. The number of aryl methyl sites for hydroxylation is 1. The summed E-state index contributed by atoms with van der Waals surface area (Å²) in [6, 6.07) is 2.02. The fraction of sp³-hybridized carbons (Fsp3) is 0.353. The second kappa shape index (κ2) is 8.78. The Morgan fingerprint density at radius 3 is 2.69 bits per heavy atom. The van der Waals surface area contributed by atoms with E-state index in [0.717, 1.165) is 0 Å². The number of carboxylic acids is 1. The lowest BCUT2D eigenvalue weighted by Crippen LogP contribution is -2.58. The predicted octanol–water partition coefficient (Wildman–Crippen LogP) is -0.148. The Bertz CT molecular complexity index is 887. The van der Waals surface area contributed by atoms with Crippen molar-refractivity contribution in [2.75, 3.05) is 13.1 Å². The van der Waals surface area contributed by atoms with Crippen LogP contribution in [0.15, 0.2) is 23.0 Å². The third-order valence-electron chi connectivity index (χ3n) is 4.60. The van der Waals surface area contributed by atoms with Crippen molar-refractivity contribution in [2.45, 2.75) is 24.9 Å². The fourth-order valence-electron chi connectivity index (χ4n) is 2.98. The molecule has 0 bridgehead atoms. The number of hydrogen-bond acceptors (Lipinski definition) is 9. The van der Waals surface area contributed by atoms with E-state index in [1.165, 1.54) is 28.4 Å². The summed E-state index contributed by atoms with van der Waals surface area (Å²) in [5, 5.41) is 39.3. The Labute approximate surface area is 170 Å². The molecule has 10 nitrogen and oxygen atoms in total. The number of benzene rings is 1. The van der Waals surface area contributed by atoms with Gasteiger partial charge in [0.1, 0.15) is 29.2 Å². The van der Waals surface area contributed by atoms with Gasteiger partial charge in [0.25, 0.3) is 0 Å². The lowest BCUT2D eigenvalue weighted by Gasteiger charge is -2.40. The number of hydrogen-bond donors (Lipinski definition) is 5. The van der Waals surface area contributed by atoms with Crippen LogP contribution in [0.2, 0.25) is 6.32 Å². The fourth-order valence-corrected chi connectivity index (χ4v) is 3.57. The molecule has 12 heteroatoms. The first kappa shape index (κ1) is 21.1. The van der Waals surface area contributed by atoms with E-state index in [9.17, 15) is 19.8 Å². The number of carboxylic acid groups (broad SMARTS) is 1. The van der Waals surface area contributed by atoms with Gasteiger partial charge in [-0.3, -0.25) is 4.79 Å². The van der Waals surface area contributed by atoms with E-state index < -0.39 is 36.5 Å². The van der Waals surface area contributed by atoms with E-state index in [-0.39, 0.29) is 43.1 Å². The monoisotopic (exact) mass is 421 g/mol. The van der Waals surface area contributed by atoms with E-state index >= 15 is 0 Å². The van der Waals surface area contributed by atoms with Gasteiger partial charge in [-0.15, -0.1) is 11.3 Å². The van der Waals surface area contributed by atoms with Gasteiger partial charge in [-0.1, -0.05) is 6.07 Å². The summed E-state index contributed by atoms with van der Waals surface area (Å²) in [6.07, 6.45) is -0.403. The van der Waals surface area contributed by atoms with Crippen molar-refractivity contribution >= 4 is 30.3 Å². The molecule has 2 heterocycles. The van der Waals surface area contributed by atoms with Gasteiger partial charge < -0.3 is 35.6 Å². The van der Waals surface area contributed by atoms with Crippen molar-refractivity contribution in [1.82, 2.24) is 9.88 Å². The van der Waals surface area contributed by atoms with E-state index in [4.69, 9.17) is 20.5 Å². The summed E-state index contributed by atoms with van der Waals surface area (Å²) in [5.74, 6) is -2.17. The van der Waals surface area contributed by atoms with Crippen molar-refractivity contribution in [3.63, 3.8) is 0 Å². The smallest absolute Gasteiger partial charge is 0.451 e. The van der Waals surface area contributed by atoms with Crippen molar-refractivity contribution in [3.8, 4) is 11.5 Å². The number of likely N-dealkylation sites (tertiary alicyclic amines) is 1. The summed E-state index contributed by atoms with van der Waals surface area (Å²) >= 11 is 1.34. The highest BCUT2D eigenvalue weighted by atomic mass is 32.1. The molecule has 6 N–H and O–H groups in total. The maximum Gasteiger partial charge on any atom is 0.451 e. The average molecular weight is 421 g/mol. The number of carbonyl (C=O) groups is 2. The summed E-state index contributed by atoms with van der Waals surface area (Å²) in [6.45, 7) is 0.462. The zero-order chi connectivity index (χ0) is 21.1. The topological polar surface area (TPSA) is 166 Å². The number of carbonyl (C=O) groups excluding carboxylic acids is 1. The van der Waals surface area contributed by atoms with Gasteiger partial charge >= 0.3 is 13.1 Å². The molecule has 1 amide bonds. The number of phenols is 1. The molecular formula is C17H20BN3O7S. The molecule has 1 aromatic heterocycles. The summed E-state index contributed by atoms with van der Waals surface area (Å²) in [4.78, 5) is 29.5. The molecule has 0 spiro atoms. The Kier molecular flexibility index (Phi) is 6.37. The van der Waals surface area contributed by atoms with Crippen molar-refractivity contribution in [1.29, 1.82) is 0 Å². The zero-order valence-corrected chi connectivity index (χ0v) is 16.1. The van der Waals surface area contributed by atoms with E-state index in [0.29, 0.717) is 5.69 Å². The van der Waals surface area contributed by atoms with Crippen LogP contribution in [0.3, 0.4) is 0 Å². The van der Waals surface area contributed by atoms with Gasteiger partial charge in [0.2, 0.25) is 5.91 Å². The van der Waals surface area contributed by atoms with Gasteiger partial charge in [0.05, 0.1) is 24.3 Å². The standard InChI is InChI=1S/C17H20BN3O7S/c19-14(11-7-29-8-20-11)16(23)21-5-10(6-21)28-12-2-1-9(3-4-18(26)27)15(22)13(12)17(24)25/h1-2,7-8,10,14,22,26-27H,3-6,19H2,(H,24,25). The minimum atomic E-state index is -1.56. The molecule has 154 valence electrons. The van der Waals surface area contributed by atoms with Crippen LogP contribution in [0.5, 0.6) is 11.5 Å². The molecule has 0 aliphatic carbocycles. The maximum absolute atomic E-state index is 12.4. The SMILES string of the molecule is NC(C(=O)N1CC(Oc2ccc(CCB(O)O)c(O)c2C(=O)O)C1)c1cscn1. The Morgan fingerprint density at radius 1 is 1.38 bits per heavy atom. The molecule has 1 fully saturated rings. The molecule has 1 unspecified atom stereocenters. The minimum Gasteiger partial charge on any atom is -0.507 e. The molecule has 1 atom stereocenters. The third kappa shape index (κ3) is 4.67. The van der Waals surface area contributed by atoms with Gasteiger partial charge in [0, 0.05) is 5.38 Å². The molecule has 1 aromatic carbocycles. The van der Waals surface area contributed by atoms with E-state index in [1.54, 1.807) is 10.9 Å². The molecule has 1 saturated heterocycles. The van der Waals surface area contributed by atoms with Crippen LogP contribution in [-0.2, 0) is 11.2 Å². The first-order valence-corrected chi connectivity index (χ1v) is 9.75. The number of aromatic nitrogens is 1. The summed E-state index contributed by atoms with van der Waals surface area (Å²) in [5.41, 5.74) is 7.85. The van der Waals surface area contributed by atoms with Crippen LogP contribution < -0.4 is 10.5 Å². The van der Waals surface area contributed by atoms with E-state index in [2.05, 4.69) is 4.98 Å². The number of nitrogens with two attached hydrogens (primary N) is 1. The van der Waals surface area contributed by atoms with Crippen LogP contribution >= 0.6 is 11.3 Å². The Morgan fingerprint density at radius 2 is 2.10 bits per heavy atom. The highest BCUT2D eigenvalue weighted by Crippen LogP contribution is 2.34. The second-order valence-corrected chi connectivity index (χ2v) is 7.36. The molecule has 1 aliphatic heterocycles. The van der Waals surface area contributed by atoms with Crippen molar-refractivity contribution in [3.05, 3.63) is 39.8 Å². The maximum atomic E-state index is 12.4. The van der Waals surface area contributed by atoms with Gasteiger partial charge in [-0.25, -0.2) is 9.78 Å². The van der Waals surface area contributed by atoms with Crippen LogP contribution in [0.1, 0.15) is 27.7 Å². The molecule has 29 heavy (non-hydrogen) atoms. The minimum absolute atomic E-state index is 0.0239. The van der Waals surface area contributed by atoms with Crippen LogP contribution in [0.25, 0.3) is 0 Å². The highest BCUT2D eigenvalue weighted by molar-refractivity contribution is 7.07. The Balaban J connectivity index is 1.64. The van der Waals surface area contributed by atoms with Crippen LogP contribution in [0.4, 0.5) is 0 Å². The molecule has 0 saturated carbocycles. The summed E-state index contributed by atoms with van der Waals surface area (Å²) in [7, 11) is -1.56. The number of nitrogens with zero attached hydrogens (tertiary/aromatic N) is 2. The van der Waals surface area contributed by atoms with Crippen molar-refractivity contribution < 1.29 is 34.6 Å². The first-order valence-electron chi connectivity index (χ1n) is 8.81. The van der Waals surface area contributed by atoms with E-state index in [1.807, 2.05) is 0 Å². The molecule has 3 rings (SSSR count). The number of rotatable bonds is 8. The largest absolute Gasteiger partial charge is 0.507 e. The lowest BCUT2D eigenvalue weighted by molar-refractivity contribution is -0.141. The Hall–Kier alpha value is -2.67. The summed E-state index contributed by atoms with van der Waals surface area (Å²) < 4.78 is 5.67. The van der Waals surface area contributed by atoms with Crippen molar-refractivity contribution in [2.24, 2.45) is 5.73 Å². The van der Waals surface area contributed by atoms with Crippen LogP contribution in [-0.4, -0.2) is 68.3 Å². The average Bonchev–Trinajstić information content (AvgIpc) is 3.16. The predicted molar refractivity (Wildman–Crippen MR) is 104 cm³/mol. The van der Waals surface area contributed by atoms with Crippen LogP contribution in [0, 0.1) is 0 Å².